The van der Waals surface area contributed by atoms with E-state index in [1.54, 1.807) is 24.4 Å². The van der Waals surface area contributed by atoms with Crippen LogP contribution in [-0.2, 0) is 0 Å². The van der Waals surface area contributed by atoms with Crippen LogP contribution in [-0.4, -0.2) is 32.7 Å². The number of nitrogens with zero attached hydrogens (tertiary/aromatic N) is 4. The number of rotatable bonds is 6. The van der Waals surface area contributed by atoms with Crippen LogP contribution in [0.4, 0.5) is 17.5 Å². The first-order valence-corrected chi connectivity index (χ1v) is 8.13. The maximum absolute atomic E-state index is 9.27. The predicted molar refractivity (Wildman–Crippen MR) is 99.9 cm³/mol. The molecule has 26 heavy (non-hydrogen) atoms. The molecule has 3 rings (SSSR count). The molecule has 130 valence electrons. The molecule has 0 radical (unpaired) electrons. The van der Waals surface area contributed by atoms with Crippen molar-refractivity contribution in [2.45, 2.75) is 13.0 Å². The molecule has 1 aromatic carbocycles. The minimum Gasteiger partial charge on any atom is -0.394 e. The summed E-state index contributed by atoms with van der Waals surface area (Å²) in [4.78, 5) is 13.2. The van der Waals surface area contributed by atoms with Crippen LogP contribution in [0.3, 0.4) is 0 Å². The molecule has 0 amide bonds. The molecule has 0 saturated heterocycles. The fourth-order valence-electron chi connectivity index (χ4n) is 2.31. The molecule has 2 aromatic heterocycles. The van der Waals surface area contributed by atoms with Gasteiger partial charge in [0.05, 0.1) is 29.2 Å². The summed E-state index contributed by atoms with van der Waals surface area (Å²) in [6.07, 6.45) is 1.69. The minimum absolute atomic E-state index is 0.0444. The van der Waals surface area contributed by atoms with Crippen molar-refractivity contribution in [2.75, 3.05) is 17.2 Å². The predicted octanol–water partition coefficient (Wildman–Crippen LogP) is 2.95. The van der Waals surface area contributed by atoms with E-state index in [2.05, 4.69) is 31.7 Å². The highest BCUT2D eigenvalue weighted by molar-refractivity contribution is 5.68. The van der Waals surface area contributed by atoms with Crippen molar-refractivity contribution < 1.29 is 5.11 Å². The van der Waals surface area contributed by atoms with Gasteiger partial charge in [-0.25, -0.2) is 4.98 Å². The molecule has 0 spiro atoms. The molecule has 0 aliphatic heterocycles. The first-order chi connectivity index (χ1) is 12.7. The number of benzene rings is 1. The van der Waals surface area contributed by atoms with Crippen LogP contribution < -0.4 is 10.6 Å². The highest BCUT2D eigenvalue weighted by Gasteiger charge is 2.11. The molecule has 0 bridgehead atoms. The van der Waals surface area contributed by atoms with Gasteiger partial charge in [0.1, 0.15) is 11.9 Å². The van der Waals surface area contributed by atoms with Gasteiger partial charge < -0.3 is 15.7 Å². The Hall–Kier alpha value is -3.50. The topological polar surface area (TPSA) is 107 Å². The van der Waals surface area contributed by atoms with Crippen LogP contribution in [0.2, 0.25) is 0 Å². The lowest BCUT2D eigenvalue weighted by molar-refractivity contribution is 0.281. The van der Waals surface area contributed by atoms with Crippen molar-refractivity contribution in [3.8, 4) is 17.5 Å². The molecule has 0 aliphatic carbocycles. The summed E-state index contributed by atoms with van der Waals surface area (Å²) in [6, 6.07) is 16.5. The molecule has 3 N–H and O–H groups in total. The smallest absolute Gasteiger partial charge is 0.225 e. The zero-order valence-corrected chi connectivity index (χ0v) is 14.2. The second kappa shape index (κ2) is 8.05. The fourth-order valence-corrected chi connectivity index (χ4v) is 2.31. The quantitative estimate of drug-likeness (QED) is 0.630. The van der Waals surface area contributed by atoms with E-state index in [0.717, 1.165) is 0 Å². The number of aromatic nitrogens is 3. The lowest BCUT2D eigenvalue weighted by atomic mass is 10.2. The Kier molecular flexibility index (Phi) is 5.37. The Labute approximate surface area is 151 Å². The summed E-state index contributed by atoms with van der Waals surface area (Å²) >= 11 is 0. The third-order valence-corrected chi connectivity index (χ3v) is 3.61. The average molecular weight is 346 g/mol. The molecular formula is C19H18N6O. The average Bonchev–Trinajstić information content (AvgIpc) is 2.69. The highest BCUT2D eigenvalue weighted by Crippen LogP contribution is 2.24. The van der Waals surface area contributed by atoms with Gasteiger partial charge in [-0.05, 0) is 31.2 Å². The summed E-state index contributed by atoms with van der Waals surface area (Å²) in [5.74, 6) is 0.891. The molecule has 0 unspecified atom stereocenters. The zero-order chi connectivity index (χ0) is 18.4. The molecule has 0 aliphatic rings. The van der Waals surface area contributed by atoms with E-state index in [-0.39, 0.29) is 12.6 Å². The monoisotopic (exact) mass is 346 g/mol. The molecule has 3 aromatic rings. The van der Waals surface area contributed by atoms with Crippen molar-refractivity contribution in [2.24, 2.45) is 0 Å². The molecule has 0 saturated carbocycles. The van der Waals surface area contributed by atoms with Gasteiger partial charge in [0, 0.05) is 18.3 Å². The van der Waals surface area contributed by atoms with Crippen LogP contribution in [0.1, 0.15) is 12.5 Å². The first kappa shape index (κ1) is 17.3. The number of aliphatic hydroxyl groups excluding tert-OH is 1. The van der Waals surface area contributed by atoms with Gasteiger partial charge in [0.25, 0.3) is 0 Å². The van der Waals surface area contributed by atoms with Gasteiger partial charge in [0.15, 0.2) is 0 Å². The van der Waals surface area contributed by atoms with Crippen LogP contribution >= 0.6 is 0 Å². The van der Waals surface area contributed by atoms with Gasteiger partial charge in [-0.1, -0.05) is 18.2 Å². The normalized spacial score (nSPS) is 11.4. The number of hydrogen-bond donors (Lipinski definition) is 3. The molecular weight excluding hydrogens is 328 g/mol. The lowest BCUT2D eigenvalue weighted by Gasteiger charge is -2.14. The minimum atomic E-state index is -0.201. The van der Waals surface area contributed by atoms with Crippen molar-refractivity contribution in [3.63, 3.8) is 0 Å². The molecule has 2 heterocycles. The summed E-state index contributed by atoms with van der Waals surface area (Å²) < 4.78 is 0. The number of anilines is 3. The van der Waals surface area contributed by atoms with Crippen LogP contribution in [0.15, 0.2) is 54.7 Å². The Balaban J connectivity index is 2.01. The number of nitriles is 1. The van der Waals surface area contributed by atoms with Gasteiger partial charge in [0.2, 0.25) is 5.95 Å². The number of aliphatic hydroxyl groups is 1. The van der Waals surface area contributed by atoms with Gasteiger partial charge in [-0.3, -0.25) is 4.98 Å². The fraction of sp³-hybridized carbons (Fsp3) is 0.158. The third kappa shape index (κ3) is 4.12. The van der Waals surface area contributed by atoms with Crippen molar-refractivity contribution >= 4 is 17.5 Å². The molecule has 1 atom stereocenters. The Morgan fingerprint density at radius 2 is 1.92 bits per heavy atom. The van der Waals surface area contributed by atoms with Gasteiger partial charge in [-0.15, -0.1) is 0 Å². The second-order valence-corrected chi connectivity index (χ2v) is 5.69. The van der Waals surface area contributed by atoms with Crippen LogP contribution in [0.25, 0.3) is 11.4 Å². The Bertz CT molecular complexity index is 923. The maximum atomic E-state index is 9.27. The molecule has 7 nitrogen and oxygen atoms in total. The van der Waals surface area contributed by atoms with Crippen LogP contribution in [0, 0.1) is 11.3 Å². The molecule has 0 fully saturated rings. The summed E-state index contributed by atoms with van der Waals surface area (Å²) in [7, 11) is 0. The number of nitrogens with one attached hydrogen (secondary N) is 2. The first-order valence-electron chi connectivity index (χ1n) is 8.13. The van der Waals surface area contributed by atoms with E-state index < -0.39 is 0 Å². The van der Waals surface area contributed by atoms with E-state index in [1.165, 1.54) is 0 Å². The Morgan fingerprint density at radius 3 is 2.65 bits per heavy atom. The number of hydrogen-bond acceptors (Lipinski definition) is 7. The van der Waals surface area contributed by atoms with E-state index in [4.69, 9.17) is 0 Å². The van der Waals surface area contributed by atoms with E-state index >= 15 is 0 Å². The SMILES string of the molecule is C[C@H](CO)Nc1nc(Nc2ccccc2C#N)cc(-c2ccccn2)n1. The van der Waals surface area contributed by atoms with Crippen LogP contribution in [0.5, 0.6) is 0 Å². The van der Waals surface area contributed by atoms with Crippen molar-refractivity contribution in [1.29, 1.82) is 5.26 Å². The van der Waals surface area contributed by atoms with E-state index in [0.29, 0.717) is 34.4 Å². The summed E-state index contributed by atoms with van der Waals surface area (Å²) in [5, 5.41) is 24.7. The third-order valence-electron chi connectivity index (χ3n) is 3.61. The lowest BCUT2D eigenvalue weighted by Crippen LogP contribution is -2.21. The van der Waals surface area contributed by atoms with E-state index in [1.807, 2.05) is 37.3 Å². The number of para-hydroxylation sites is 1. The highest BCUT2D eigenvalue weighted by atomic mass is 16.3. The Morgan fingerprint density at radius 1 is 1.12 bits per heavy atom. The molecule has 7 heteroatoms. The standard InChI is InChI=1S/C19H18N6O/c1-13(12-26)22-19-24-17(16-8-4-5-9-21-16)10-18(25-19)23-15-7-3-2-6-14(15)11-20/h2-10,13,26H,12H2,1H3,(H2,22,23,24,25)/t13-/m1/s1. The number of pyridine rings is 1. The largest absolute Gasteiger partial charge is 0.394 e. The summed E-state index contributed by atoms with van der Waals surface area (Å²) in [6.45, 7) is 1.78. The second-order valence-electron chi connectivity index (χ2n) is 5.69. The van der Waals surface area contributed by atoms with E-state index in [9.17, 15) is 10.4 Å². The maximum Gasteiger partial charge on any atom is 0.225 e. The zero-order valence-electron chi connectivity index (χ0n) is 14.2. The van der Waals surface area contributed by atoms with Gasteiger partial charge >= 0.3 is 0 Å². The summed E-state index contributed by atoms with van der Waals surface area (Å²) in [5.41, 5.74) is 2.50. The van der Waals surface area contributed by atoms with Gasteiger partial charge in [-0.2, -0.15) is 10.2 Å². The van der Waals surface area contributed by atoms with Crippen molar-refractivity contribution in [1.82, 2.24) is 15.0 Å². The van der Waals surface area contributed by atoms with Crippen molar-refractivity contribution in [3.05, 3.63) is 60.3 Å².